The Kier molecular flexibility index (Phi) is 1.40. The van der Waals surface area contributed by atoms with Gasteiger partial charge in [-0.05, 0) is 36.5 Å². The van der Waals surface area contributed by atoms with E-state index in [0.717, 1.165) is 30.6 Å². The Balaban J connectivity index is 1.84. The molecule has 2 aliphatic rings. The van der Waals surface area contributed by atoms with Gasteiger partial charge in [0.1, 0.15) is 5.82 Å². The fourth-order valence-corrected chi connectivity index (χ4v) is 2.28. The van der Waals surface area contributed by atoms with Crippen LogP contribution in [-0.4, -0.2) is 13.1 Å². The van der Waals surface area contributed by atoms with E-state index >= 15 is 0 Å². The number of piperidine rings is 1. The Bertz CT molecular complexity index is 327. The molecule has 1 aliphatic carbocycles. The summed E-state index contributed by atoms with van der Waals surface area (Å²) in [5.74, 6) is 1.68. The lowest BCUT2D eigenvalue weighted by molar-refractivity contribution is 0.626. The van der Waals surface area contributed by atoms with Crippen LogP contribution in [0.5, 0.6) is 0 Å². The summed E-state index contributed by atoms with van der Waals surface area (Å²) in [6.45, 7) is 2.27. The Morgan fingerprint density at radius 1 is 1.23 bits per heavy atom. The minimum absolute atomic E-state index is 0.127. The maximum atomic E-state index is 12.9. The van der Waals surface area contributed by atoms with E-state index in [1.54, 1.807) is 12.1 Å². The molecule has 1 aromatic rings. The lowest BCUT2D eigenvalue weighted by atomic mass is 10.3. The van der Waals surface area contributed by atoms with Crippen molar-refractivity contribution in [2.24, 2.45) is 11.8 Å². The predicted octanol–water partition coefficient (Wildman–Crippen LogP) is 2.28. The zero-order chi connectivity index (χ0) is 8.84. The lowest BCUT2D eigenvalue weighted by Crippen LogP contribution is -2.21. The van der Waals surface area contributed by atoms with Crippen LogP contribution in [0.3, 0.4) is 0 Å². The van der Waals surface area contributed by atoms with Crippen LogP contribution >= 0.6 is 0 Å². The third kappa shape index (κ3) is 1.21. The molecule has 13 heavy (non-hydrogen) atoms. The molecule has 1 nitrogen and oxygen atoms in total. The Morgan fingerprint density at radius 2 is 2.00 bits per heavy atom. The average molecular weight is 177 g/mol. The minimum Gasteiger partial charge on any atom is -0.371 e. The molecular formula is C11H12FN. The fraction of sp³-hybridized carbons (Fsp3) is 0.455. The lowest BCUT2D eigenvalue weighted by Gasteiger charge is -2.19. The summed E-state index contributed by atoms with van der Waals surface area (Å²) >= 11 is 0. The van der Waals surface area contributed by atoms with E-state index in [1.807, 2.05) is 6.07 Å². The highest BCUT2D eigenvalue weighted by Crippen LogP contribution is 2.46. The summed E-state index contributed by atoms with van der Waals surface area (Å²) in [6, 6.07) is 6.91. The second kappa shape index (κ2) is 2.47. The first-order valence-corrected chi connectivity index (χ1v) is 4.83. The number of hydrogen-bond donors (Lipinski definition) is 0. The third-order valence-corrected chi connectivity index (χ3v) is 3.15. The fourth-order valence-electron chi connectivity index (χ4n) is 2.28. The number of nitrogens with zero attached hydrogens (tertiary/aromatic N) is 1. The molecule has 1 aromatic carbocycles. The van der Waals surface area contributed by atoms with Crippen LogP contribution < -0.4 is 4.90 Å². The molecule has 0 aromatic heterocycles. The van der Waals surface area contributed by atoms with Crippen molar-refractivity contribution in [3.05, 3.63) is 30.1 Å². The summed E-state index contributed by atoms with van der Waals surface area (Å²) in [5, 5.41) is 0. The molecule has 2 fully saturated rings. The van der Waals surface area contributed by atoms with Gasteiger partial charge in [-0.3, -0.25) is 0 Å². The summed E-state index contributed by atoms with van der Waals surface area (Å²) in [4.78, 5) is 2.29. The first-order valence-electron chi connectivity index (χ1n) is 4.83. The molecule has 0 unspecified atom stereocenters. The summed E-state index contributed by atoms with van der Waals surface area (Å²) < 4.78 is 12.9. The van der Waals surface area contributed by atoms with E-state index in [9.17, 15) is 4.39 Å². The van der Waals surface area contributed by atoms with Crippen molar-refractivity contribution in [3.8, 4) is 0 Å². The minimum atomic E-state index is -0.127. The second-order valence-corrected chi connectivity index (χ2v) is 4.14. The Morgan fingerprint density at radius 3 is 2.69 bits per heavy atom. The highest BCUT2D eigenvalue weighted by molar-refractivity contribution is 5.48. The van der Waals surface area contributed by atoms with E-state index in [4.69, 9.17) is 0 Å². The topological polar surface area (TPSA) is 3.24 Å². The monoisotopic (exact) mass is 177 g/mol. The second-order valence-electron chi connectivity index (χ2n) is 4.14. The molecule has 0 bridgehead atoms. The molecule has 3 rings (SSSR count). The van der Waals surface area contributed by atoms with Crippen molar-refractivity contribution in [3.63, 3.8) is 0 Å². The maximum Gasteiger partial charge on any atom is 0.125 e. The van der Waals surface area contributed by atoms with Gasteiger partial charge in [0.05, 0.1) is 0 Å². The summed E-state index contributed by atoms with van der Waals surface area (Å²) in [5.41, 5.74) is 1.05. The van der Waals surface area contributed by atoms with E-state index in [1.165, 1.54) is 12.5 Å². The SMILES string of the molecule is Fc1cccc(N2C[C@H]3C[C@H]3C2)c1. The van der Waals surface area contributed by atoms with Crippen molar-refractivity contribution in [1.29, 1.82) is 0 Å². The molecule has 68 valence electrons. The van der Waals surface area contributed by atoms with Crippen LogP contribution in [0.1, 0.15) is 6.42 Å². The predicted molar refractivity (Wildman–Crippen MR) is 50.2 cm³/mol. The summed E-state index contributed by atoms with van der Waals surface area (Å²) in [7, 11) is 0. The molecule has 0 spiro atoms. The number of fused-ring (bicyclic) bond motifs is 1. The first-order chi connectivity index (χ1) is 6.33. The molecule has 1 saturated carbocycles. The quantitative estimate of drug-likeness (QED) is 0.636. The first kappa shape index (κ1) is 7.36. The molecule has 1 aliphatic heterocycles. The molecular weight excluding hydrogens is 165 g/mol. The highest BCUT2D eigenvalue weighted by atomic mass is 19.1. The van der Waals surface area contributed by atoms with E-state index < -0.39 is 0 Å². The van der Waals surface area contributed by atoms with Gasteiger partial charge < -0.3 is 4.90 Å². The molecule has 0 N–H and O–H groups in total. The molecule has 2 atom stereocenters. The van der Waals surface area contributed by atoms with Gasteiger partial charge >= 0.3 is 0 Å². The maximum absolute atomic E-state index is 12.9. The largest absolute Gasteiger partial charge is 0.371 e. The van der Waals surface area contributed by atoms with E-state index in [-0.39, 0.29) is 5.82 Å². The molecule has 1 heterocycles. The normalized spacial score (nSPS) is 30.4. The number of hydrogen-bond acceptors (Lipinski definition) is 1. The highest BCUT2D eigenvalue weighted by Gasteiger charge is 2.44. The Hall–Kier alpha value is -1.05. The smallest absolute Gasteiger partial charge is 0.125 e. The van der Waals surface area contributed by atoms with Crippen molar-refractivity contribution in [1.82, 2.24) is 0 Å². The standard InChI is InChI=1S/C11H12FN/c12-10-2-1-3-11(5-10)13-6-8-4-9(8)7-13/h1-3,5,8-9H,4,6-7H2/t8-,9+. The third-order valence-electron chi connectivity index (χ3n) is 3.15. The number of anilines is 1. The van der Waals surface area contributed by atoms with Gasteiger partial charge in [0.15, 0.2) is 0 Å². The van der Waals surface area contributed by atoms with Crippen LogP contribution in [0.2, 0.25) is 0 Å². The van der Waals surface area contributed by atoms with Crippen LogP contribution in [-0.2, 0) is 0 Å². The van der Waals surface area contributed by atoms with Crippen molar-refractivity contribution < 1.29 is 4.39 Å². The van der Waals surface area contributed by atoms with Gasteiger partial charge in [-0.15, -0.1) is 0 Å². The van der Waals surface area contributed by atoms with Crippen LogP contribution in [0.4, 0.5) is 10.1 Å². The van der Waals surface area contributed by atoms with Crippen LogP contribution in [0.25, 0.3) is 0 Å². The van der Waals surface area contributed by atoms with Crippen molar-refractivity contribution in [2.45, 2.75) is 6.42 Å². The van der Waals surface area contributed by atoms with Crippen molar-refractivity contribution in [2.75, 3.05) is 18.0 Å². The summed E-state index contributed by atoms with van der Waals surface area (Å²) in [6.07, 6.45) is 1.39. The van der Waals surface area contributed by atoms with Crippen molar-refractivity contribution >= 4 is 5.69 Å². The molecule has 1 saturated heterocycles. The molecule has 2 heteroatoms. The zero-order valence-corrected chi connectivity index (χ0v) is 7.41. The number of benzene rings is 1. The van der Waals surface area contributed by atoms with Gasteiger partial charge in [-0.2, -0.15) is 0 Å². The van der Waals surface area contributed by atoms with E-state index in [0.29, 0.717) is 0 Å². The van der Waals surface area contributed by atoms with Gasteiger partial charge in [0, 0.05) is 18.8 Å². The number of halogens is 1. The van der Waals surface area contributed by atoms with Crippen LogP contribution in [0, 0.1) is 17.7 Å². The van der Waals surface area contributed by atoms with Gasteiger partial charge in [0.2, 0.25) is 0 Å². The Labute approximate surface area is 77.2 Å². The van der Waals surface area contributed by atoms with Gasteiger partial charge in [-0.25, -0.2) is 4.39 Å². The van der Waals surface area contributed by atoms with Gasteiger partial charge in [-0.1, -0.05) is 6.07 Å². The zero-order valence-electron chi connectivity index (χ0n) is 7.41. The number of rotatable bonds is 1. The van der Waals surface area contributed by atoms with Gasteiger partial charge in [0.25, 0.3) is 0 Å². The molecule has 0 radical (unpaired) electrons. The van der Waals surface area contributed by atoms with Crippen LogP contribution in [0.15, 0.2) is 24.3 Å². The average Bonchev–Trinajstić information content (AvgIpc) is 2.74. The van der Waals surface area contributed by atoms with E-state index in [2.05, 4.69) is 4.90 Å². The molecule has 0 amide bonds.